The normalized spacial score (nSPS) is 12.8. The summed E-state index contributed by atoms with van der Waals surface area (Å²) in [5, 5.41) is 0. The first-order chi connectivity index (χ1) is 7.74. The third-order valence-electron chi connectivity index (χ3n) is 3.30. The van der Waals surface area contributed by atoms with Gasteiger partial charge in [0.25, 0.3) is 0 Å². The lowest BCUT2D eigenvalue weighted by molar-refractivity contribution is 0.458. The van der Waals surface area contributed by atoms with E-state index in [1.54, 1.807) is 0 Å². The predicted molar refractivity (Wildman–Crippen MR) is 76.1 cm³/mol. The third-order valence-corrected chi connectivity index (χ3v) is 7.80. The van der Waals surface area contributed by atoms with Gasteiger partial charge >= 0.3 is 0 Å². The van der Waals surface area contributed by atoms with Gasteiger partial charge in [-0.15, -0.1) is 0 Å². The second-order valence-corrected chi connectivity index (χ2v) is 8.98. The van der Waals surface area contributed by atoms with E-state index in [-0.39, 0.29) is 0 Å². The largest absolute Gasteiger partial charge is 0.549 e. The van der Waals surface area contributed by atoms with Crippen molar-refractivity contribution in [3.8, 4) is 0 Å². The summed E-state index contributed by atoms with van der Waals surface area (Å²) >= 11 is 0. The molecule has 0 spiro atoms. The molecule has 0 fully saturated rings. The maximum atomic E-state index is 5.99. The van der Waals surface area contributed by atoms with Gasteiger partial charge in [0.15, 0.2) is 0 Å². The zero-order chi connectivity index (χ0) is 12.3. The second-order valence-electron chi connectivity index (χ2n) is 4.26. The van der Waals surface area contributed by atoms with Crippen molar-refractivity contribution in [3.63, 3.8) is 0 Å². The number of rotatable bonds is 9. The summed E-state index contributed by atoms with van der Waals surface area (Å²) < 4.78 is 5.99. The Labute approximate surface area is 103 Å². The average Bonchev–Trinajstić information content (AvgIpc) is 2.34. The molecule has 0 rings (SSSR count). The molecule has 0 radical (unpaired) electrons. The van der Waals surface area contributed by atoms with Gasteiger partial charge in [0, 0.05) is 0 Å². The van der Waals surface area contributed by atoms with Gasteiger partial charge in [-0.3, -0.25) is 0 Å². The Morgan fingerprint density at radius 3 is 2.06 bits per heavy atom. The van der Waals surface area contributed by atoms with Crippen molar-refractivity contribution < 1.29 is 4.43 Å². The Morgan fingerprint density at radius 1 is 0.938 bits per heavy atom. The van der Waals surface area contributed by atoms with E-state index in [0.29, 0.717) is 0 Å². The molecule has 0 heterocycles. The van der Waals surface area contributed by atoms with Crippen molar-refractivity contribution in [2.45, 2.75) is 65.1 Å². The van der Waals surface area contributed by atoms with Gasteiger partial charge < -0.3 is 4.43 Å². The summed E-state index contributed by atoms with van der Waals surface area (Å²) in [6.07, 6.45) is 12.0. The van der Waals surface area contributed by atoms with Crippen molar-refractivity contribution in [2.24, 2.45) is 0 Å². The smallest absolute Gasteiger partial charge is 0.249 e. The minimum atomic E-state index is -1.41. The highest BCUT2D eigenvalue weighted by Crippen LogP contribution is 2.21. The molecule has 0 amide bonds. The molecule has 0 aromatic heterocycles. The molecule has 0 atom stereocenters. The van der Waals surface area contributed by atoms with Crippen LogP contribution in [0, 0.1) is 0 Å². The summed E-state index contributed by atoms with van der Waals surface area (Å²) in [6.45, 7) is 8.98. The lowest BCUT2D eigenvalue weighted by atomic mass is 10.2. The summed E-state index contributed by atoms with van der Waals surface area (Å²) in [5.41, 5.74) is 0. The standard InChI is InChI=1S/C14H28OSi/c1-5-9-10-11-12-13-14-15-16(6-2,7-3)8-4/h11-14H,5-10H2,1-4H3. The quantitative estimate of drug-likeness (QED) is 0.231. The van der Waals surface area contributed by atoms with Gasteiger partial charge in [-0.2, -0.15) is 0 Å². The number of allylic oxidation sites excluding steroid dienone is 3. The molecule has 0 aliphatic rings. The van der Waals surface area contributed by atoms with Gasteiger partial charge in [0.05, 0.1) is 6.26 Å². The molecule has 2 heteroatoms. The molecular weight excluding hydrogens is 212 g/mol. The highest BCUT2D eigenvalue weighted by Gasteiger charge is 2.28. The first-order valence-corrected chi connectivity index (χ1v) is 9.27. The number of hydrogen-bond donors (Lipinski definition) is 0. The van der Waals surface area contributed by atoms with Crippen molar-refractivity contribution >= 4 is 8.32 Å². The van der Waals surface area contributed by atoms with Crippen LogP contribution in [0.25, 0.3) is 0 Å². The topological polar surface area (TPSA) is 9.23 Å². The summed E-state index contributed by atoms with van der Waals surface area (Å²) in [6, 6.07) is 3.64. The van der Waals surface area contributed by atoms with E-state index >= 15 is 0 Å². The number of hydrogen-bond acceptors (Lipinski definition) is 1. The SMILES string of the molecule is CCCCC=CC=CO[Si](CC)(CC)CC. The average molecular weight is 240 g/mol. The fourth-order valence-corrected chi connectivity index (χ4v) is 4.09. The number of unbranched alkanes of at least 4 members (excludes halogenated alkanes) is 2. The van der Waals surface area contributed by atoms with Crippen molar-refractivity contribution in [1.29, 1.82) is 0 Å². The van der Waals surface area contributed by atoms with E-state index in [0.717, 1.165) is 0 Å². The molecular formula is C14H28OSi. The molecule has 0 bridgehead atoms. The molecule has 1 nitrogen and oxygen atoms in total. The maximum Gasteiger partial charge on any atom is 0.249 e. The van der Waals surface area contributed by atoms with E-state index in [2.05, 4.69) is 39.8 Å². The van der Waals surface area contributed by atoms with Crippen molar-refractivity contribution in [3.05, 3.63) is 24.5 Å². The lowest BCUT2D eigenvalue weighted by Crippen LogP contribution is -2.33. The molecule has 0 aromatic rings. The maximum absolute atomic E-state index is 5.99. The van der Waals surface area contributed by atoms with Crippen LogP contribution >= 0.6 is 0 Å². The lowest BCUT2D eigenvalue weighted by Gasteiger charge is -2.26. The summed E-state index contributed by atoms with van der Waals surface area (Å²) in [7, 11) is -1.41. The molecule has 94 valence electrons. The molecule has 0 aliphatic carbocycles. The molecule has 0 saturated carbocycles. The predicted octanol–water partition coefficient (Wildman–Crippen LogP) is 5.27. The van der Waals surface area contributed by atoms with E-state index in [1.807, 2.05) is 12.3 Å². The van der Waals surface area contributed by atoms with E-state index < -0.39 is 8.32 Å². The zero-order valence-corrected chi connectivity index (χ0v) is 12.5. The van der Waals surface area contributed by atoms with Crippen molar-refractivity contribution in [2.75, 3.05) is 0 Å². The van der Waals surface area contributed by atoms with Crippen molar-refractivity contribution in [1.82, 2.24) is 0 Å². The highest BCUT2D eigenvalue weighted by molar-refractivity contribution is 6.73. The molecule has 16 heavy (non-hydrogen) atoms. The molecule has 0 aromatic carbocycles. The Hall–Kier alpha value is -0.503. The highest BCUT2D eigenvalue weighted by atomic mass is 28.4. The van der Waals surface area contributed by atoms with Crippen LogP contribution in [-0.2, 0) is 4.43 Å². The van der Waals surface area contributed by atoms with Crippen LogP contribution in [0.2, 0.25) is 18.1 Å². The van der Waals surface area contributed by atoms with E-state index in [9.17, 15) is 0 Å². The second kappa shape index (κ2) is 9.70. The van der Waals surface area contributed by atoms with Crippen LogP contribution in [-0.4, -0.2) is 8.32 Å². The van der Waals surface area contributed by atoms with Gasteiger partial charge in [0.2, 0.25) is 8.32 Å². The third kappa shape index (κ3) is 6.16. The van der Waals surface area contributed by atoms with Gasteiger partial charge in [-0.05, 0) is 30.6 Å². The Balaban J connectivity index is 3.92. The van der Waals surface area contributed by atoms with Crippen LogP contribution < -0.4 is 0 Å². The van der Waals surface area contributed by atoms with Gasteiger partial charge in [0.1, 0.15) is 0 Å². The van der Waals surface area contributed by atoms with E-state index in [1.165, 1.54) is 37.4 Å². The Bertz CT molecular complexity index is 197. The van der Waals surface area contributed by atoms with Crippen LogP contribution in [0.4, 0.5) is 0 Å². The van der Waals surface area contributed by atoms with Gasteiger partial charge in [-0.1, -0.05) is 52.7 Å². The van der Waals surface area contributed by atoms with Crippen LogP contribution in [0.5, 0.6) is 0 Å². The minimum Gasteiger partial charge on any atom is -0.549 e. The van der Waals surface area contributed by atoms with Gasteiger partial charge in [-0.25, -0.2) is 0 Å². The van der Waals surface area contributed by atoms with Crippen LogP contribution in [0.1, 0.15) is 47.0 Å². The Morgan fingerprint density at radius 2 is 1.56 bits per heavy atom. The fraction of sp³-hybridized carbons (Fsp3) is 0.714. The summed E-state index contributed by atoms with van der Waals surface area (Å²) in [4.78, 5) is 0. The monoisotopic (exact) mass is 240 g/mol. The first kappa shape index (κ1) is 15.5. The van der Waals surface area contributed by atoms with E-state index in [4.69, 9.17) is 4.43 Å². The minimum absolute atomic E-state index is 1.18. The fourth-order valence-electron chi connectivity index (χ4n) is 1.73. The molecule has 0 saturated heterocycles. The zero-order valence-electron chi connectivity index (χ0n) is 11.5. The van der Waals surface area contributed by atoms with Crippen LogP contribution in [0.15, 0.2) is 24.5 Å². The Kier molecular flexibility index (Phi) is 9.40. The molecule has 0 unspecified atom stereocenters. The molecule has 0 aliphatic heterocycles. The summed E-state index contributed by atoms with van der Waals surface area (Å²) in [5.74, 6) is 0. The molecule has 0 N–H and O–H groups in total. The van der Waals surface area contributed by atoms with Crippen LogP contribution in [0.3, 0.4) is 0 Å². The first-order valence-electron chi connectivity index (χ1n) is 6.74.